The monoisotopic (exact) mass is 433 g/mol. The Morgan fingerprint density at radius 1 is 1.03 bits per heavy atom. The van der Waals surface area contributed by atoms with Gasteiger partial charge in [-0.25, -0.2) is 0 Å². The maximum absolute atomic E-state index is 13.4. The van der Waals surface area contributed by atoms with Crippen molar-refractivity contribution in [1.82, 2.24) is 14.7 Å². The van der Waals surface area contributed by atoms with Gasteiger partial charge in [-0.1, -0.05) is 23.7 Å². The summed E-state index contributed by atoms with van der Waals surface area (Å²) in [5.74, 6) is -0.378. The van der Waals surface area contributed by atoms with Crippen molar-refractivity contribution in [3.63, 3.8) is 0 Å². The standard InChI is InChI=1S/C22H28ClN3O4/c23-18-5-3-17(4-6-18)19-20(25-7-1-2-16(14-25)15-27)22(29)26(21(19)28)9-8-24-10-12-30-13-11-24/h3-6,16,27H,1-2,7-15H2. The molecule has 0 radical (unpaired) electrons. The first kappa shape index (κ1) is 21.3. The minimum absolute atomic E-state index is 0.0863. The summed E-state index contributed by atoms with van der Waals surface area (Å²) in [5, 5.41) is 10.2. The summed E-state index contributed by atoms with van der Waals surface area (Å²) >= 11 is 6.04. The molecule has 0 bridgehead atoms. The summed E-state index contributed by atoms with van der Waals surface area (Å²) in [6.07, 6.45) is 1.82. The average molecular weight is 434 g/mol. The molecule has 1 N–H and O–H groups in total. The summed E-state index contributed by atoms with van der Waals surface area (Å²) < 4.78 is 5.38. The van der Waals surface area contributed by atoms with E-state index in [1.165, 1.54) is 4.90 Å². The number of rotatable bonds is 6. The molecule has 30 heavy (non-hydrogen) atoms. The number of nitrogens with zero attached hydrogens (tertiary/aromatic N) is 3. The number of halogens is 1. The molecule has 3 aliphatic heterocycles. The van der Waals surface area contributed by atoms with Crippen molar-refractivity contribution >= 4 is 29.0 Å². The molecule has 8 heteroatoms. The largest absolute Gasteiger partial charge is 0.396 e. The fourth-order valence-electron chi connectivity index (χ4n) is 4.42. The number of carbonyl (C=O) groups excluding carboxylic acids is 2. The van der Waals surface area contributed by atoms with Crippen molar-refractivity contribution in [1.29, 1.82) is 0 Å². The molecule has 2 saturated heterocycles. The predicted molar refractivity (Wildman–Crippen MR) is 114 cm³/mol. The Hall–Kier alpha value is -1.93. The molecular weight excluding hydrogens is 406 g/mol. The van der Waals surface area contributed by atoms with Crippen molar-refractivity contribution in [2.45, 2.75) is 12.8 Å². The Balaban J connectivity index is 1.61. The van der Waals surface area contributed by atoms with Gasteiger partial charge in [-0.2, -0.15) is 0 Å². The van der Waals surface area contributed by atoms with E-state index >= 15 is 0 Å². The second kappa shape index (κ2) is 9.47. The van der Waals surface area contributed by atoms with Gasteiger partial charge < -0.3 is 14.7 Å². The number of likely N-dealkylation sites (tertiary alicyclic amines) is 1. The van der Waals surface area contributed by atoms with Gasteiger partial charge in [0.15, 0.2) is 0 Å². The maximum atomic E-state index is 13.4. The highest BCUT2D eigenvalue weighted by atomic mass is 35.5. The lowest BCUT2D eigenvalue weighted by atomic mass is 9.97. The summed E-state index contributed by atoms with van der Waals surface area (Å²) in [7, 11) is 0. The van der Waals surface area contributed by atoms with E-state index in [0.29, 0.717) is 61.2 Å². The van der Waals surface area contributed by atoms with E-state index in [9.17, 15) is 14.7 Å². The van der Waals surface area contributed by atoms with E-state index in [0.717, 1.165) is 25.9 Å². The van der Waals surface area contributed by atoms with Gasteiger partial charge in [0.1, 0.15) is 5.70 Å². The molecule has 1 aromatic rings. The predicted octanol–water partition coefficient (Wildman–Crippen LogP) is 1.46. The first-order chi connectivity index (χ1) is 14.6. The van der Waals surface area contributed by atoms with Crippen molar-refractivity contribution in [2.24, 2.45) is 5.92 Å². The average Bonchev–Trinajstić information content (AvgIpc) is 3.03. The molecule has 7 nitrogen and oxygen atoms in total. The molecule has 3 aliphatic rings. The van der Waals surface area contributed by atoms with Gasteiger partial charge in [-0.15, -0.1) is 0 Å². The Kier molecular flexibility index (Phi) is 6.73. The number of hydrogen-bond donors (Lipinski definition) is 1. The zero-order valence-electron chi connectivity index (χ0n) is 17.1. The third-order valence-electron chi connectivity index (χ3n) is 6.11. The van der Waals surface area contributed by atoms with Crippen molar-refractivity contribution in [3.8, 4) is 0 Å². The van der Waals surface area contributed by atoms with E-state index in [1.54, 1.807) is 24.3 Å². The van der Waals surface area contributed by atoms with Crippen LogP contribution in [0.3, 0.4) is 0 Å². The molecule has 1 atom stereocenters. The number of aliphatic hydroxyl groups excluding tert-OH is 1. The summed E-state index contributed by atoms with van der Waals surface area (Å²) in [6, 6.07) is 7.06. The van der Waals surface area contributed by atoms with Crippen molar-refractivity contribution in [2.75, 3.05) is 59.1 Å². The number of benzene rings is 1. The molecule has 4 rings (SSSR count). The zero-order valence-corrected chi connectivity index (χ0v) is 17.8. The van der Waals surface area contributed by atoms with Crippen LogP contribution in [0.2, 0.25) is 5.02 Å². The highest BCUT2D eigenvalue weighted by molar-refractivity contribution is 6.36. The quantitative estimate of drug-likeness (QED) is 0.685. The van der Waals surface area contributed by atoms with Crippen LogP contribution in [0, 0.1) is 5.92 Å². The highest BCUT2D eigenvalue weighted by Gasteiger charge is 2.42. The zero-order chi connectivity index (χ0) is 21.1. The molecule has 0 saturated carbocycles. The lowest BCUT2D eigenvalue weighted by Crippen LogP contribution is -2.45. The Morgan fingerprint density at radius 2 is 1.77 bits per heavy atom. The van der Waals surface area contributed by atoms with Crippen LogP contribution in [0.4, 0.5) is 0 Å². The van der Waals surface area contributed by atoms with Crippen molar-refractivity contribution in [3.05, 3.63) is 40.5 Å². The van der Waals surface area contributed by atoms with Crippen LogP contribution in [0.1, 0.15) is 18.4 Å². The Labute approximate surface area is 181 Å². The number of amides is 2. The minimum atomic E-state index is -0.253. The molecule has 0 aromatic heterocycles. The van der Waals surface area contributed by atoms with Gasteiger partial charge in [0.05, 0.1) is 18.8 Å². The SMILES string of the molecule is O=C1C(c2ccc(Cl)cc2)=C(N2CCCC(CO)C2)C(=O)N1CCN1CCOCC1. The van der Waals surface area contributed by atoms with Crippen LogP contribution in [-0.4, -0.2) is 90.7 Å². The lowest BCUT2D eigenvalue weighted by Gasteiger charge is -2.34. The van der Waals surface area contributed by atoms with Gasteiger partial charge in [0, 0.05) is 50.9 Å². The second-order valence-corrected chi connectivity index (χ2v) is 8.52. The first-order valence-corrected chi connectivity index (χ1v) is 11.0. The molecule has 2 fully saturated rings. The number of piperidine rings is 1. The van der Waals surface area contributed by atoms with Gasteiger partial charge in [0.25, 0.3) is 11.8 Å². The normalized spacial score (nSPS) is 23.6. The third-order valence-corrected chi connectivity index (χ3v) is 6.37. The van der Waals surface area contributed by atoms with Crippen LogP contribution in [-0.2, 0) is 14.3 Å². The number of ether oxygens (including phenoxy) is 1. The lowest BCUT2D eigenvalue weighted by molar-refractivity contribution is -0.138. The van der Waals surface area contributed by atoms with E-state index in [2.05, 4.69) is 4.90 Å². The van der Waals surface area contributed by atoms with Gasteiger partial charge in [-0.3, -0.25) is 19.4 Å². The maximum Gasteiger partial charge on any atom is 0.277 e. The summed E-state index contributed by atoms with van der Waals surface area (Å²) in [5.41, 5.74) is 1.60. The number of aliphatic hydroxyl groups is 1. The van der Waals surface area contributed by atoms with E-state index in [1.807, 2.05) is 4.90 Å². The number of morpholine rings is 1. The molecule has 0 aliphatic carbocycles. The minimum Gasteiger partial charge on any atom is -0.396 e. The number of carbonyl (C=O) groups is 2. The van der Waals surface area contributed by atoms with Crippen LogP contribution in [0.25, 0.3) is 5.57 Å². The number of imide groups is 1. The smallest absolute Gasteiger partial charge is 0.277 e. The fraction of sp³-hybridized carbons (Fsp3) is 0.545. The second-order valence-electron chi connectivity index (χ2n) is 8.08. The van der Waals surface area contributed by atoms with Gasteiger partial charge in [0.2, 0.25) is 0 Å². The topological polar surface area (TPSA) is 73.3 Å². The van der Waals surface area contributed by atoms with Crippen molar-refractivity contribution < 1.29 is 19.4 Å². The Morgan fingerprint density at radius 3 is 2.47 bits per heavy atom. The third kappa shape index (κ3) is 4.39. The van der Waals surface area contributed by atoms with Crippen LogP contribution >= 0.6 is 11.6 Å². The summed E-state index contributed by atoms with van der Waals surface area (Å²) in [4.78, 5) is 32.4. The molecule has 1 unspecified atom stereocenters. The van der Waals surface area contributed by atoms with E-state index in [-0.39, 0.29) is 24.3 Å². The van der Waals surface area contributed by atoms with E-state index in [4.69, 9.17) is 16.3 Å². The molecule has 1 aromatic carbocycles. The van der Waals surface area contributed by atoms with Crippen LogP contribution in [0.5, 0.6) is 0 Å². The molecule has 3 heterocycles. The molecule has 2 amide bonds. The number of hydrogen-bond acceptors (Lipinski definition) is 6. The van der Waals surface area contributed by atoms with Gasteiger partial charge >= 0.3 is 0 Å². The van der Waals surface area contributed by atoms with Crippen LogP contribution in [0.15, 0.2) is 30.0 Å². The first-order valence-electron chi connectivity index (χ1n) is 10.6. The molecular formula is C22H28ClN3O4. The molecule has 0 spiro atoms. The highest BCUT2D eigenvalue weighted by Crippen LogP contribution is 2.34. The van der Waals surface area contributed by atoms with Gasteiger partial charge in [-0.05, 0) is 36.5 Å². The van der Waals surface area contributed by atoms with E-state index < -0.39 is 0 Å². The Bertz CT molecular complexity index is 820. The fourth-order valence-corrected chi connectivity index (χ4v) is 4.55. The summed E-state index contributed by atoms with van der Waals surface area (Å²) in [6.45, 7) is 5.35. The van der Waals surface area contributed by atoms with Crippen LogP contribution < -0.4 is 0 Å². The molecule has 162 valence electrons.